The van der Waals surface area contributed by atoms with Gasteiger partial charge in [0.25, 0.3) is 10.0 Å². The van der Waals surface area contributed by atoms with Gasteiger partial charge in [0.2, 0.25) is 0 Å². The predicted octanol–water partition coefficient (Wildman–Crippen LogP) is 1.75. The highest BCUT2D eigenvalue weighted by atomic mass is 32.2. The molecule has 0 fully saturated rings. The summed E-state index contributed by atoms with van der Waals surface area (Å²) in [4.78, 5) is 3.15. The molecule has 9 heteroatoms. The molecule has 0 saturated heterocycles. The highest BCUT2D eigenvalue weighted by molar-refractivity contribution is 7.92. The van der Waals surface area contributed by atoms with Crippen LogP contribution in [0.15, 0.2) is 35.4 Å². The molecule has 3 N–H and O–H groups in total. The Balaban J connectivity index is 2.38. The third kappa shape index (κ3) is 3.19. The molecule has 0 bridgehead atoms. The van der Waals surface area contributed by atoms with Crippen molar-refractivity contribution in [3.63, 3.8) is 0 Å². The van der Waals surface area contributed by atoms with Crippen molar-refractivity contribution in [3.05, 3.63) is 42.1 Å². The standard InChI is InChI=1S/C12H11F2N3O3S/c1-20-12-9(14)4-8(5-10(12)15)21(18,19)17-11-3-2-7(13)6-16-11/h2-6H,15H2,1H3,(H,16,17). The first-order valence-electron chi connectivity index (χ1n) is 5.61. The van der Waals surface area contributed by atoms with Crippen LogP contribution in [-0.4, -0.2) is 20.5 Å². The number of nitrogens with two attached hydrogens (primary N) is 1. The molecular weight excluding hydrogens is 304 g/mol. The van der Waals surface area contributed by atoms with Crippen molar-refractivity contribution in [2.24, 2.45) is 0 Å². The first kappa shape index (κ1) is 15.0. The lowest BCUT2D eigenvalue weighted by molar-refractivity contribution is 0.388. The molecule has 0 aliphatic carbocycles. The van der Waals surface area contributed by atoms with Crippen LogP contribution < -0.4 is 15.2 Å². The van der Waals surface area contributed by atoms with Crippen LogP contribution in [0.1, 0.15) is 0 Å². The number of methoxy groups -OCH3 is 1. The van der Waals surface area contributed by atoms with E-state index in [1.54, 1.807) is 0 Å². The molecule has 2 rings (SSSR count). The van der Waals surface area contributed by atoms with E-state index in [0.29, 0.717) is 0 Å². The topological polar surface area (TPSA) is 94.3 Å². The minimum atomic E-state index is -4.11. The molecule has 6 nitrogen and oxygen atoms in total. The minimum absolute atomic E-state index is 0.105. The van der Waals surface area contributed by atoms with E-state index >= 15 is 0 Å². The van der Waals surface area contributed by atoms with Crippen LogP contribution in [0.25, 0.3) is 0 Å². The van der Waals surface area contributed by atoms with Gasteiger partial charge in [-0.05, 0) is 24.3 Å². The van der Waals surface area contributed by atoms with Gasteiger partial charge in [-0.15, -0.1) is 0 Å². The quantitative estimate of drug-likeness (QED) is 0.838. The van der Waals surface area contributed by atoms with Crippen molar-refractivity contribution in [1.82, 2.24) is 4.98 Å². The largest absolute Gasteiger partial charge is 0.492 e. The zero-order valence-corrected chi connectivity index (χ0v) is 11.6. The van der Waals surface area contributed by atoms with E-state index in [4.69, 9.17) is 10.5 Å². The second-order valence-corrected chi connectivity index (χ2v) is 5.68. The van der Waals surface area contributed by atoms with E-state index in [0.717, 1.165) is 30.5 Å². The smallest absolute Gasteiger partial charge is 0.263 e. The number of nitrogens with one attached hydrogen (secondary N) is 1. The summed E-state index contributed by atoms with van der Waals surface area (Å²) < 4.78 is 57.3. The molecule has 0 spiro atoms. The van der Waals surface area contributed by atoms with Crippen molar-refractivity contribution in [1.29, 1.82) is 0 Å². The van der Waals surface area contributed by atoms with Crippen LogP contribution >= 0.6 is 0 Å². The van der Waals surface area contributed by atoms with Crippen LogP contribution in [0.4, 0.5) is 20.3 Å². The number of sulfonamides is 1. The second-order valence-electron chi connectivity index (χ2n) is 3.99. The number of hydrogen-bond acceptors (Lipinski definition) is 5. The molecule has 2 aromatic rings. The zero-order valence-electron chi connectivity index (χ0n) is 10.8. The summed E-state index contributed by atoms with van der Waals surface area (Å²) in [5.41, 5.74) is 5.36. The first-order valence-corrected chi connectivity index (χ1v) is 7.09. The summed E-state index contributed by atoms with van der Waals surface area (Å²) in [5.74, 6) is -1.87. The summed E-state index contributed by atoms with van der Waals surface area (Å²) in [6.07, 6.45) is 0.848. The van der Waals surface area contributed by atoms with Crippen LogP contribution in [0.5, 0.6) is 5.75 Å². The van der Waals surface area contributed by atoms with E-state index in [2.05, 4.69) is 9.71 Å². The molecule has 0 amide bonds. The zero-order chi connectivity index (χ0) is 15.6. The van der Waals surface area contributed by atoms with Gasteiger partial charge in [-0.25, -0.2) is 22.2 Å². The first-order chi connectivity index (χ1) is 9.83. The lowest BCUT2D eigenvalue weighted by Gasteiger charge is -2.10. The van der Waals surface area contributed by atoms with Crippen molar-refractivity contribution < 1.29 is 21.9 Å². The molecule has 0 saturated carbocycles. The number of anilines is 2. The SMILES string of the molecule is COc1c(N)cc(S(=O)(=O)Nc2ccc(F)cn2)cc1F. The minimum Gasteiger partial charge on any atom is -0.492 e. The number of ether oxygens (including phenoxy) is 1. The molecular formula is C12H11F2N3O3S. The Kier molecular flexibility index (Phi) is 3.94. The summed E-state index contributed by atoms with van der Waals surface area (Å²) in [7, 11) is -2.89. The number of pyridine rings is 1. The Morgan fingerprint density at radius 1 is 1.29 bits per heavy atom. The molecule has 0 radical (unpaired) electrons. The average Bonchev–Trinajstić information content (AvgIpc) is 2.41. The van der Waals surface area contributed by atoms with Gasteiger partial charge in [-0.1, -0.05) is 0 Å². The molecule has 21 heavy (non-hydrogen) atoms. The van der Waals surface area contributed by atoms with Gasteiger partial charge >= 0.3 is 0 Å². The van der Waals surface area contributed by atoms with Crippen molar-refractivity contribution in [3.8, 4) is 5.75 Å². The summed E-state index contributed by atoms with van der Waals surface area (Å²) in [6, 6.07) is 3.98. The summed E-state index contributed by atoms with van der Waals surface area (Å²) in [5, 5.41) is 0. The van der Waals surface area contributed by atoms with Gasteiger partial charge in [0.15, 0.2) is 11.6 Å². The van der Waals surface area contributed by atoms with Crippen molar-refractivity contribution in [2.45, 2.75) is 4.90 Å². The maximum atomic E-state index is 13.7. The maximum Gasteiger partial charge on any atom is 0.263 e. The number of halogens is 2. The number of aromatic nitrogens is 1. The second kappa shape index (κ2) is 5.52. The Hall–Kier alpha value is -2.42. The Bertz CT molecular complexity index is 741. The monoisotopic (exact) mass is 315 g/mol. The van der Waals surface area contributed by atoms with E-state index in [1.807, 2.05) is 0 Å². The molecule has 1 heterocycles. The van der Waals surface area contributed by atoms with Gasteiger partial charge in [-0.2, -0.15) is 0 Å². The Morgan fingerprint density at radius 3 is 2.52 bits per heavy atom. The van der Waals surface area contributed by atoms with Crippen molar-refractivity contribution in [2.75, 3.05) is 17.6 Å². The lowest BCUT2D eigenvalue weighted by Crippen LogP contribution is -2.15. The average molecular weight is 315 g/mol. The summed E-state index contributed by atoms with van der Waals surface area (Å²) >= 11 is 0. The van der Waals surface area contributed by atoms with Gasteiger partial charge in [-0.3, -0.25) is 4.72 Å². The Morgan fingerprint density at radius 2 is 2.00 bits per heavy atom. The molecule has 112 valence electrons. The number of benzene rings is 1. The number of nitrogen functional groups attached to an aromatic ring is 1. The van der Waals surface area contributed by atoms with Crippen LogP contribution in [-0.2, 0) is 10.0 Å². The fourth-order valence-corrected chi connectivity index (χ4v) is 2.65. The molecule has 1 aromatic heterocycles. The number of rotatable bonds is 4. The van der Waals surface area contributed by atoms with E-state index in [9.17, 15) is 17.2 Å². The maximum absolute atomic E-state index is 13.7. The highest BCUT2D eigenvalue weighted by Gasteiger charge is 2.19. The van der Waals surface area contributed by atoms with Crippen molar-refractivity contribution >= 4 is 21.5 Å². The molecule has 0 atom stereocenters. The third-order valence-corrected chi connectivity index (χ3v) is 3.86. The predicted molar refractivity (Wildman–Crippen MR) is 72.4 cm³/mol. The molecule has 0 unspecified atom stereocenters. The molecule has 1 aromatic carbocycles. The fraction of sp³-hybridized carbons (Fsp3) is 0.0833. The summed E-state index contributed by atoms with van der Waals surface area (Å²) in [6.45, 7) is 0. The van der Waals surface area contributed by atoms with Gasteiger partial charge in [0.05, 0.1) is 23.9 Å². The van der Waals surface area contributed by atoms with E-state index < -0.39 is 26.6 Å². The third-order valence-electron chi connectivity index (χ3n) is 2.53. The van der Waals surface area contributed by atoms with Gasteiger partial charge in [0, 0.05) is 0 Å². The molecule has 0 aliphatic heterocycles. The molecule has 0 aliphatic rings. The fourth-order valence-electron chi connectivity index (χ4n) is 1.59. The van der Waals surface area contributed by atoms with Crippen LogP contribution in [0.2, 0.25) is 0 Å². The Labute approximate surface area is 119 Å². The van der Waals surface area contributed by atoms with Gasteiger partial charge < -0.3 is 10.5 Å². The number of nitrogens with zero attached hydrogens (tertiary/aromatic N) is 1. The van der Waals surface area contributed by atoms with E-state index in [1.165, 1.54) is 7.11 Å². The van der Waals surface area contributed by atoms with Crippen LogP contribution in [0.3, 0.4) is 0 Å². The van der Waals surface area contributed by atoms with Gasteiger partial charge in [0.1, 0.15) is 11.6 Å². The van der Waals surface area contributed by atoms with E-state index in [-0.39, 0.29) is 17.3 Å². The lowest BCUT2D eigenvalue weighted by atomic mass is 10.3. The highest BCUT2D eigenvalue weighted by Crippen LogP contribution is 2.29. The number of hydrogen-bond donors (Lipinski definition) is 2. The normalized spacial score (nSPS) is 11.2. The van der Waals surface area contributed by atoms with Crippen LogP contribution in [0, 0.1) is 11.6 Å².